The van der Waals surface area contributed by atoms with Gasteiger partial charge in [0.05, 0.1) is 11.1 Å². The molecular formula is C9H6N4O2. The monoisotopic (exact) mass is 202 g/mol. The van der Waals surface area contributed by atoms with Crippen LogP contribution in [0.1, 0.15) is 20.7 Å². The topological polar surface area (TPSA) is 86.1 Å². The zero-order chi connectivity index (χ0) is 11.0. The number of carbonyl (C=O) groups excluding carboxylic acids is 2. The zero-order valence-corrected chi connectivity index (χ0v) is 7.84. The number of fused-ring (bicyclic) bond motifs is 1. The molecule has 1 aromatic carbocycles. The van der Waals surface area contributed by atoms with E-state index in [1.54, 1.807) is 0 Å². The van der Waals surface area contributed by atoms with Crippen LogP contribution in [-0.2, 0) is 0 Å². The summed E-state index contributed by atoms with van der Waals surface area (Å²) in [4.78, 5) is 26.7. The summed E-state index contributed by atoms with van der Waals surface area (Å²) in [7, 11) is 1.41. The molecule has 0 unspecified atom stereocenters. The number of nitrogens with zero attached hydrogens (tertiary/aromatic N) is 4. The van der Waals surface area contributed by atoms with Crippen molar-refractivity contribution in [2.45, 2.75) is 0 Å². The van der Waals surface area contributed by atoms with E-state index in [2.05, 4.69) is 10.0 Å². The van der Waals surface area contributed by atoms with Gasteiger partial charge in [0.1, 0.15) is 0 Å². The minimum atomic E-state index is -0.370. The molecule has 0 aliphatic carbocycles. The third-order valence-electron chi connectivity index (χ3n) is 2.23. The molecule has 0 bridgehead atoms. The van der Waals surface area contributed by atoms with Crippen LogP contribution >= 0.6 is 0 Å². The Morgan fingerprint density at radius 2 is 1.93 bits per heavy atom. The van der Waals surface area contributed by atoms with Crippen LogP contribution < -0.4 is 0 Å². The number of imide groups is 1. The molecule has 1 aliphatic rings. The molecule has 0 spiro atoms. The largest absolute Gasteiger partial charge is 0.277 e. The third-order valence-corrected chi connectivity index (χ3v) is 2.23. The third kappa shape index (κ3) is 1.24. The van der Waals surface area contributed by atoms with E-state index in [0.29, 0.717) is 11.3 Å². The molecule has 6 heteroatoms. The van der Waals surface area contributed by atoms with Gasteiger partial charge in [-0.05, 0) is 17.7 Å². The normalized spacial score (nSPS) is 13.8. The van der Waals surface area contributed by atoms with E-state index < -0.39 is 0 Å². The summed E-state index contributed by atoms with van der Waals surface area (Å²) in [5.41, 5.74) is 9.19. The molecule has 1 aliphatic heterocycles. The molecule has 0 saturated heterocycles. The van der Waals surface area contributed by atoms with Crippen molar-refractivity contribution in [1.82, 2.24) is 4.90 Å². The van der Waals surface area contributed by atoms with Gasteiger partial charge >= 0.3 is 0 Å². The van der Waals surface area contributed by atoms with Gasteiger partial charge in [0, 0.05) is 17.6 Å². The fourth-order valence-electron chi connectivity index (χ4n) is 1.46. The van der Waals surface area contributed by atoms with Gasteiger partial charge in [-0.15, -0.1) is 0 Å². The fraction of sp³-hybridized carbons (Fsp3) is 0.111. The molecule has 2 amide bonds. The Balaban J connectivity index is 2.61. The minimum Gasteiger partial charge on any atom is -0.277 e. The van der Waals surface area contributed by atoms with E-state index in [9.17, 15) is 9.59 Å². The zero-order valence-electron chi connectivity index (χ0n) is 7.84. The standard InChI is InChI=1S/C9H6N4O2/c1-13-8(14)6-3-2-5(11-12-10)4-7(6)9(13)15/h2-4H,1H3. The van der Waals surface area contributed by atoms with Crippen LogP contribution in [0.4, 0.5) is 5.69 Å². The van der Waals surface area contributed by atoms with Crippen molar-refractivity contribution in [2.24, 2.45) is 5.11 Å². The molecule has 1 aromatic rings. The first-order valence-corrected chi connectivity index (χ1v) is 4.16. The van der Waals surface area contributed by atoms with Gasteiger partial charge in [-0.3, -0.25) is 14.5 Å². The number of hydrogen-bond acceptors (Lipinski definition) is 3. The first-order chi connectivity index (χ1) is 7.15. The molecule has 0 N–H and O–H groups in total. The molecule has 0 saturated carbocycles. The molecule has 0 fully saturated rings. The number of hydrogen-bond donors (Lipinski definition) is 0. The maximum Gasteiger partial charge on any atom is 0.261 e. The fourth-order valence-corrected chi connectivity index (χ4v) is 1.46. The van der Waals surface area contributed by atoms with Gasteiger partial charge < -0.3 is 0 Å². The first kappa shape index (κ1) is 9.23. The lowest BCUT2D eigenvalue weighted by atomic mass is 10.1. The second-order valence-corrected chi connectivity index (χ2v) is 3.09. The summed E-state index contributed by atoms with van der Waals surface area (Å²) in [5.74, 6) is -0.701. The van der Waals surface area contributed by atoms with Gasteiger partial charge in [0.25, 0.3) is 11.8 Å². The summed E-state index contributed by atoms with van der Waals surface area (Å²) in [6, 6.07) is 4.41. The SMILES string of the molecule is CN1C(=O)c2ccc(N=[N+]=[N-])cc2C1=O. The Kier molecular flexibility index (Phi) is 1.91. The van der Waals surface area contributed by atoms with Crippen molar-refractivity contribution in [3.63, 3.8) is 0 Å². The van der Waals surface area contributed by atoms with Crippen molar-refractivity contribution >= 4 is 17.5 Å². The number of azide groups is 1. The Morgan fingerprint density at radius 3 is 2.60 bits per heavy atom. The molecule has 15 heavy (non-hydrogen) atoms. The van der Waals surface area contributed by atoms with Gasteiger partial charge in [-0.2, -0.15) is 0 Å². The highest BCUT2D eigenvalue weighted by molar-refractivity contribution is 6.21. The van der Waals surface area contributed by atoms with E-state index in [1.165, 1.54) is 25.2 Å². The molecule has 0 radical (unpaired) electrons. The van der Waals surface area contributed by atoms with E-state index >= 15 is 0 Å². The summed E-state index contributed by atoms with van der Waals surface area (Å²) in [6.07, 6.45) is 0. The van der Waals surface area contributed by atoms with Crippen molar-refractivity contribution < 1.29 is 9.59 Å². The minimum absolute atomic E-state index is 0.285. The summed E-state index contributed by atoms with van der Waals surface area (Å²) >= 11 is 0. The molecular weight excluding hydrogens is 196 g/mol. The van der Waals surface area contributed by atoms with Crippen LogP contribution in [0, 0.1) is 0 Å². The average molecular weight is 202 g/mol. The molecule has 6 nitrogen and oxygen atoms in total. The van der Waals surface area contributed by atoms with Crippen LogP contribution in [-0.4, -0.2) is 23.8 Å². The first-order valence-electron chi connectivity index (χ1n) is 4.16. The molecule has 2 rings (SSSR count). The maximum absolute atomic E-state index is 11.5. The Hall–Kier alpha value is -2.33. The van der Waals surface area contributed by atoms with Crippen molar-refractivity contribution in [3.05, 3.63) is 39.8 Å². The lowest BCUT2D eigenvalue weighted by molar-refractivity contribution is 0.0693. The predicted molar refractivity (Wildman–Crippen MR) is 51.7 cm³/mol. The predicted octanol–water partition coefficient (Wildman–Crippen LogP) is 1.85. The number of carbonyl (C=O) groups is 2. The van der Waals surface area contributed by atoms with Crippen LogP contribution in [0.3, 0.4) is 0 Å². The maximum atomic E-state index is 11.5. The van der Waals surface area contributed by atoms with Gasteiger partial charge in [0.15, 0.2) is 0 Å². The average Bonchev–Trinajstić information content (AvgIpc) is 2.45. The summed E-state index contributed by atoms with van der Waals surface area (Å²) in [5, 5.41) is 3.37. The van der Waals surface area contributed by atoms with E-state index in [1.807, 2.05) is 0 Å². The highest BCUT2D eigenvalue weighted by Gasteiger charge is 2.32. The number of benzene rings is 1. The second kappa shape index (κ2) is 3.11. The van der Waals surface area contributed by atoms with Gasteiger partial charge in [0.2, 0.25) is 0 Å². The van der Waals surface area contributed by atoms with E-state index in [-0.39, 0.29) is 17.4 Å². The van der Waals surface area contributed by atoms with Gasteiger partial charge in [-0.1, -0.05) is 11.2 Å². The summed E-state index contributed by atoms with van der Waals surface area (Å²) < 4.78 is 0. The lowest BCUT2D eigenvalue weighted by Gasteiger charge is -2.02. The van der Waals surface area contributed by atoms with Crippen molar-refractivity contribution in [2.75, 3.05) is 7.05 Å². The lowest BCUT2D eigenvalue weighted by Crippen LogP contribution is -2.24. The van der Waals surface area contributed by atoms with Crippen LogP contribution in [0.15, 0.2) is 23.3 Å². The van der Waals surface area contributed by atoms with Crippen LogP contribution in [0.25, 0.3) is 10.4 Å². The molecule has 0 atom stereocenters. The van der Waals surface area contributed by atoms with Gasteiger partial charge in [-0.25, -0.2) is 0 Å². The highest BCUT2D eigenvalue weighted by atomic mass is 16.2. The van der Waals surface area contributed by atoms with Crippen molar-refractivity contribution in [1.29, 1.82) is 0 Å². The Morgan fingerprint density at radius 1 is 1.27 bits per heavy atom. The number of rotatable bonds is 1. The second-order valence-electron chi connectivity index (χ2n) is 3.09. The van der Waals surface area contributed by atoms with Crippen LogP contribution in [0.2, 0.25) is 0 Å². The van der Waals surface area contributed by atoms with Crippen molar-refractivity contribution in [3.8, 4) is 0 Å². The Bertz CT molecular complexity index is 517. The van der Waals surface area contributed by atoms with E-state index in [4.69, 9.17) is 5.53 Å². The van der Waals surface area contributed by atoms with Crippen LogP contribution in [0.5, 0.6) is 0 Å². The smallest absolute Gasteiger partial charge is 0.261 e. The number of amides is 2. The quantitative estimate of drug-likeness (QED) is 0.301. The molecule has 1 heterocycles. The molecule has 0 aromatic heterocycles. The summed E-state index contributed by atoms with van der Waals surface area (Å²) in [6.45, 7) is 0. The molecule has 74 valence electrons. The van der Waals surface area contributed by atoms with E-state index in [0.717, 1.165) is 4.90 Å². The Labute approximate surface area is 84.7 Å². The highest BCUT2D eigenvalue weighted by Crippen LogP contribution is 2.25.